The molecule has 3 N–H and O–H groups in total. The van der Waals surface area contributed by atoms with Crippen molar-refractivity contribution in [3.63, 3.8) is 0 Å². The van der Waals surface area contributed by atoms with Crippen molar-refractivity contribution < 1.29 is 9.59 Å². The Morgan fingerprint density at radius 3 is 2.60 bits per heavy atom. The van der Waals surface area contributed by atoms with Crippen LogP contribution >= 0.6 is 0 Å². The normalized spacial score (nSPS) is 15.9. The van der Waals surface area contributed by atoms with Crippen LogP contribution in [0, 0.1) is 0 Å². The lowest BCUT2D eigenvalue weighted by molar-refractivity contribution is -0.120. The predicted molar refractivity (Wildman–Crippen MR) is 75.2 cm³/mol. The van der Waals surface area contributed by atoms with Gasteiger partial charge >= 0.3 is 6.03 Å². The summed E-state index contributed by atoms with van der Waals surface area (Å²) in [5.41, 5.74) is 4.89. The van der Waals surface area contributed by atoms with Crippen LogP contribution in [-0.2, 0) is 4.79 Å². The van der Waals surface area contributed by atoms with Gasteiger partial charge in [0.05, 0.1) is 0 Å². The molecule has 0 radical (unpaired) electrons. The number of pyridine rings is 1. The van der Waals surface area contributed by atoms with Gasteiger partial charge in [0.1, 0.15) is 5.82 Å². The van der Waals surface area contributed by atoms with Crippen LogP contribution in [0.25, 0.3) is 0 Å². The molecule has 0 atom stereocenters. The van der Waals surface area contributed by atoms with Gasteiger partial charge in [-0.1, -0.05) is 6.07 Å². The highest BCUT2D eigenvalue weighted by atomic mass is 16.2. The third-order valence-corrected chi connectivity index (χ3v) is 3.26. The third kappa shape index (κ3) is 4.20. The molecule has 1 aliphatic heterocycles. The molecule has 3 amide bonds. The van der Waals surface area contributed by atoms with E-state index < -0.39 is 6.03 Å². The lowest BCUT2D eigenvalue weighted by Crippen LogP contribution is -2.47. The zero-order valence-corrected chi connectivity index (χ0v) is 11.3. The van der Waals surface area contributed by atoms with Crippen LogP contribution in [-0.4, -0.2) is 54.5 Å². The van der Waals surface area contributed by atoms with Crippen LogP contribution in [0.4, 0.5) is 10.6 Å². The first-order chi connectivity index (χ1) is 9.65. The number of nitrogens with two attached hydrogens (primary N) is 1. The second kappa shape index (κ2) is 6.85. The summed E-state index contributed by atoms with van der Waals surface area (Å²) in [4.78, 5) is 30.6. The number of urea groups is 1. The highest BCUT2D eigenvalue weighted by Crippen LogP contribution is 2.12. The fourth-order valence-corrected chi connectivity index (χ4v) is 2.20. The van der Waals surface area contributed by atoms with Crippen LogP contribution in [0.15, 0.2) is 24.4 Å². The molecule has 0 bridgehead atoms. The summed E-state index contributed by atoms with van der Waals surface area (Å²) >= 11 is 0. The second-order valence-corrected chi connectivity index (χ2v) is 4.68. The second-order valence-electron chi connectivity index (χ2n) is 4.68. The largest absolute Gasteiger partial charge is 0.354 e. The minimum Gasteiger partial charge on any atom is -0.354 e. The van der Waals surface area contributed by atoms with Gasteiger partial charge in [-0.05, 0) is 12.1 Å². The zero-order chi connectivity index (χ0) is 14.4. The first kappa shape index (κ1) is 14.3. The smallest absolute Gasteiger partial charge is 0.318 e. The van der Waals surface area contributed by atoms with Crippen molar-refractivity contribution >= 4 is 17.8 Å². The van der Waals surface area contributed by atoms with E-state index in [1.165, 1.54) is 0 Å². The standard InChI is InChI=1S/C13H19N5O2/c14-13(20)16-12(19)4-6-17-7-9-18(10-8-17)11-3-1-2-5-15-11/h1-3,5H,4,6-10H2,(H3,14,16,19,20). The number of rotatable bonds is 4. The van der Waals surface area contributed by atoms with E-state index in [0.717, 1.165) is 32.0 Å². The molecule has 1 aromatic heterocycles. The molecule has 2 heterocycles. The van der Waals surface area contributed by atoms with E-state index in [-0.39, 0.29) is 12.3 Å². The lowest BCUT2D eigenvalue weighted by atomic mass is 10.2. The minimum atomic E-state index is -0.796. The van der Waals surface area contributed by atoms with E-state index in [1.54, 1.807) is 6.20 Å². The highest BCUT2D eigenvalue weighted by Gasteiger charge is 2.18. The molecule has 108 valence electrons. The summed E-state index contributed by atoms with van der Waals surface area (Å²) in [5, 5.41) is 2.07. The topological polar surface area (TPSA) is 91.6 Å². The Balaban J connectivity index is 1.72. The lowest BCUT2D eigenvalue weighted by Gasteiger charge is -2.35. The van der Waals surface area contributed by atoms with Crippen molar-refractivity contribution in [3.05, 3.63) is 24.4 Å². The van der Waals surface area contributed by atoms with Crippen LogP contribution in [0.2, 0.25) is 0 Å². The highest BCUT2D eigenvalue weighted by molar-refractivity contribution is 5.93. The number of hydrogen-bond donors (Lipinski definition) is 2. The zero-order valence-electron chi connectivity index (χ0n) is 11.3. The molecule has 0 saturated carbocycles. The van der Waals surface area contributed by atoms with Crippen molar-refractivity contribution in [3.8, 4) is 0 Å². The average Bonchev–Trinajstić information content (AvgIpc) is 2.46. The van der Waals surface area contributed by atoms with Crippen LogP contribution in [0.1, 0.15) is 6.42 Å². The number of carbonyl (C=O) groups is 2. The third-order valence-electron chi connectivity index (χ3n) is 3.26. The molecule has 1 aromatic rings. The predicted octanol–water partition coefficient (Wildman–Crippen LogP) is -0.211. The Morgan fingerprint density at radius 2 is 2.00 bits per heavy atom. The van der Waals surface area contributed by atoms with Crippen molar-refractivity contribution in [2.45, 2.75) is 6.42 Å². The molecule has 1 aliphatic rings. The maximum absolute atomic E-state index is 11.3. The molecule has 7 heteroatoms. The maximum atomic E-state index is 11.3. The first-order valence-corrected chi connectivity index (χ1v) is 6.63. The average molecular weight is 277 g/mol. The SMILES string of the molecule is NC(=O)NC(=O)CCN1CCN(c2ccccn2)CC1. The van der Waals surface area contributed by atoms with E-state index in [4.69, 9.17) is 5.73 Å². The molecule has 7 nitrogen and oxygen atoms in total. The van der Waals surface area contributed by atoms with Crippen LogP contribution < -0.4 is 16.0 Å². The molecular formula is C13H19N5O2. The number of piperazine rings is 1. The van der Waals surface area contributed by atoms with E-state index in [9.17, 15) is 9.59 Å². The van der Waals surface area contributed by atoms with Crippen molar-refractivity contribution in [1.29, 1.82) is 0 Å². The number of nitrogens with zero attached hydrogens (tertiary/aromatic N) is 3. The number of nitrogens with one attached hydrogen (secondary N) is 1. The van der Waals surface area contributed by atoms with Gasteiger partial charge in [0.2, 0.25) is 5.91 Å². The van der Waals surface area contributed by atoms with Crippen molar-refractivity contribution in [2.75, 3.05) is 37.6 Å². The number of imide groups is 1. The van der Waals surface area contributed by atoms with Crippen molar-refractivity contribution in [1.82, 2.24) is 15.2 Å². The quantitative estimate of drug-likeness (QED) is 0.794. The summed E-state index contributed by atoms with van der Waals surface area (Å²) < 4.78 is 0. The minimum absolute atomic E-state index is 0.284. The molecule has 1 fully saturated rings. The molecule has 0 aliphatic carbocycles. The van der Waals surface area contributed by atoms with Gasteiger partial charge in [-0.15, -0.1) is 0 Å². The summed E-state index contributed by atoms with van der Waals surface area (Å²) in [5.74, 6) is 0.656. The maximum Gasteiger partial charge on any atom is 0.318 e. The van der Waals surface area contributed by atoms with Crippen LogP contribution in [0.3, 0.4) is 0 Å². The van der Waals surface area contributed by atoms with Crippen LogP contribution in [0.5, 0.6) is 0 Å². The van der Waals surface area contributed by atoms with E-state index >= 15 is 0 Å². The molecular weight excluding hydrogens is 258 g/mol. The van der Waals surface area contributed by atoms with Gasteiger partial charge in [-0.3, -0.25) is 15.0 Å². The summed E-state index contributed by atoms with van der Waals surface area (Å²) in [6.07, 6.45) is 2.07. The molecule has 0 spiro atoms. The molecule has 0 aromatic carbocycles. The van der Waals surface area contributed by atoms with E-state index in [0.29, 0.717) is 6.54 Å². The Morgan fingerprint density at radius 1 is 1.25 bits per heavy atom. The monoisotopic (exact) mass is 277 g/mol. The number of primary amides is 1. The number of carbonyl (C=O) groups excluding carboxylic acids is 2. The summed E-state index contributed by atoms with van der Waals surface area (Å²) in [6.45, 7) is 4.15. The van der Waals surface area contributed by atoms with Gasteiger partial charge in [0, 0.05) is 45.3 Å². The van der Waals surface area contributed by atoms with Gasteiger partial charge in [0.15, 0.2) is 0 Å². The number of hydrogen-bond acceptors (Lipinski definition) is 5. The first-order valence-electron chi connectivity index (χ1n) is 6.63. The van der Waals surface area contributed by atoms with E-state index in [2.05, 4.69) is 20.1 Å². The number of aromatic nitrogens is 1. The Hall–Kier alpha value is -2.15. The molecule has 2 rings (SSSR count). The Bertz CT molecular complexity index is 457. The number of amides is 3. The van der Waals surface area contributed by atoms with Gasteiger partial charge in [0.25, 0.3) is 0 Å². The molecule has 20 heavy (non-hydrogen) atoms. The summed E-state index contributed by atoms with van der Waals surface area (Å²) in [6, 6.07) is 5.07. The fraction of sp³-hybridized carbons (Fsp3) is 0.462. The van der Waals surface area contributed by atoms with Crippen molar-refractivity contribution in [2.24, 2.45) is 5.73 Å². The van der Waals surface area contributed by atoms with Gasteiger partial charge in [-0.2, -0.15) is 0 Å². The van der Waals surface area contributed by atoms with E-state index in [1.807, 2.05) is 18.2 Å². The molecule has 0 unspecified atom stereocenters. The van der Waals surface area contributed by atoms with Gasteiger partial charge < -0.3 is 10.6 Å². The summed E-state index contributed by atoms with van der Waals surface area (Å²) in [7, 11) is 0. The Kier molecular flexibility index (Phi) is 4.89. The molecule has 1 saturated heterocycles. The van der Waals surface area contributed by atoms with Gasteiger partial charge in [-0.25, -0.2) is 9.78 Å². The Labute approximate surface area is 117 Å². The fourth-order valence-electron chi connectivity index (χ4n) is 2.20. The number of anilines is 1.